The van der Waals surface area contributed by atoms with E-state index >= 15 is 0 Å². The molecule has 1 rings (SSSR count). The Kier molecular flexibility index (Phi) is 4.10. The summed E-state index contributed by atoms with van der Waals surface area (Å²) >= 11 is 0. The molecule has 2 N–H and O–H groups in total. The molecule has 1 saturated carbocycles. The Morgan fingerprint density at radius 1 is 1.53 bits per heavy atom. The zero-order valence-corrected chi connectivity index (χ0v) is 9.47. The Morgan fingerprint density at radius 3 is 2.73 bits per heavy atom. The largest absolute Gasteiger partial charge is 0.354 e. The summed E-state index contributed by atoms with van der Waals surface area (Å²) in [4.78, 5) is 11.3. The summed E-state index contributed by atoms with van der Waals surface area (Å²) in [6, 6.07) is 1.99. The Labute approximate surface area is 91.0 Å². The van der Waals surface area contributed by atoms with E-state index in [1.54, 1.807) is 0 Å². The Balaban J connectivity index is 2.13. The van der Waals surface area contributed by atoms with Crippen molar-refractivity contribution in [3.63, 3.8) is 0 Å². The van der Waals surface area contributed by atoms with E-state index in [9.17, 15) is 4.79 Å². The van der Waals surface area contributed by atoms with Crippen molar-refractivity contribution in [1.82, 2.24) is 10.6 Å². The number of hydrogen-bond donors (Lipinski definition) is 2. The molecule has 0 spiro atoms. The van der Waals surface area contributed by atoms with E-state index in [0.29, 0.717) is 25.4 Å². The van der Waals surface area contributed by atoms with Crippen LogP contribution in [0, 0.1) is 17.2 Å². The molecule has 0 aromatic rings. The van der Waals surface area contributed by atoms with Crippen LogP contribution in [-0.4, -0.2) is 24.5 Å². The van der Waals surface area contributed by atoms with Gasteiger partial charge < -0.3 is 10.6 Å². The molecule has 0 aliphatic heterocycles. The lowest BCUT2D eigenvalue weighted by Gasteiger charge is -2.25. The van der Waals surface area contributed by atoms with Gasteiger partial charge >= 0.3 is 0 Å². The maximum atomic E-state index is 11.3. The minimum absolute atomic E-state index is 0.0287. The fraction of sp³-hybridized carbons (Fsp3) is 0.818. The first-order chi connectivity index (χ1) is 7.06. The molecule has 0 heterocycles. The summed E-state index contributed by atoms with van der Waals surface area (Å²) in [6.07, 6.45) is 2.89. The second kappa shape index (κ2) is 5.13. The maximum Gasteiger partial charge on any atom is 0.234 e. The minimum Gasteiger partial charge on any atom is -0.354 e. The maximum absolute atomic E-state index is 11.3. The van der Waals surface area contributed by atoms with Crippen molar-refractivity contribution in [2.45, 2.75) is 38.6 Å². The van der Waals surface area contributed by atoms with E-state index < -0.39 is 0 Å². The third kappa shape index (κ3) is 4.30. The van der Waals surface area contributed by atoms with Gasteiger partial charge in [-0.25, -0.2) is 0 Å². The van der Waals surface area contributed by atoms with Crippen molar-refractivity contribution in [3.8, 4) is 6.07 Å². The number of carbonyl (C=O) groups excluding carboxylic acids is 1. The summed E-state index contributed by atoms with van der Waals surface area (Å²) in [7, 11) is 0. The van der Waals surface area contributed by atoms with Crippen LogP contribution in [0.5, 0.6) is 0 Å². The van der Waals surface area contributed by atoms with Crippen LogP contribution < -0.4 is 10.6 Å². The van der Waals surface area contributed by atoms with Crippen LogP contribution in [0.4, 0.5) is 0 Å². The van der Waals surface area contributed by atoms with Gasteiger partial charge in [0.05, 0.1) is 19.0 Å². The van der Waals surface area contributed by atoms with E-state index in [4.69, 9.17) is 5.26 Å². The van der Waals surface area contributed by atoms with Gasteiger partial charge in [0.1, 0.15) is 0 Å². The molecule has 0 radical (unpaired) electrons. The Bertz CT molecular complexity index is 263. The van der Waals surface area contributed by atoms with Gasteiger partial charge in [-0.1, -0.05) is 0 Å². The van der Waals surface area contributed by atoms with Gasteiger partial charge in [-0.15, -0.1) is 0 Å². The zero-order valence-electron chi connectivity index (χ0n) is 9.47. The molecular weight excluding hydrogens is 190 g/mol. The monoisotopic (exact) mass is 209 g/mol. The zero-order chi connectivity index (χ0) is 11.3. The van der Waals surface area contributed by atoms with Crippen LogP contribution in [0.3, 0.4) is 0 Å². The first kappa shape index (κ1) is 12.0. The van der Waals surface area contributed by atoms with Gasteiger partial charge in [0.25, 0.3) is 0 Å². The smallest absolute Gasteiger partial charge is 0.234 e. The number of nitrogens with zero attached hydrogens (tertiary/aromatic N) is 1. The highest BCUT2D eigenvalue weighted by Crippen LogP contribution is 2.38. The summed E-state index contributed by atoms with van der Waals surface area (Å²) in [6.45, 7) is 5.05. The molecule has 4 nitrogen and oxygen atoms in total. The molecule has 15 heavy (non-hydrogen) atoms. The molecule has 1 amide bonds. The number of hydrogen-bond acceptors (Lipinski definition) is 3. The lowest BCUT2D eigenvalue weighted by Crippen LogP contribution is -2.46. The van der Waals surface area contributed by atoms with Crippen LogP contribution in [0.15, 0.2) is 0 Å². The molecule has 1 fully saturated rings. The number of nitrogens with one attached hydrogen (secondary N) is 2. The Morgan fingerprint density at radius 2 is 2.20 bits per heavy atom. The fourth-order valence-corrected chi connectivity index (χ4v) is 1.58. The molecule has 84 valence electrons. The van der Waals surface area contributed by atoms with Crippen LogP contribution in [-0.2, 0) is 4.79 Å². The van der Waals surface area contributed by atoms with Gasteiger partial charge in [0, 0.05) is 12.1 Å². The topological polar surface area (TPSA) is 64.9 Å². The van der Waals surface area contributed by atoms with E-state index in [1.165, 1.54) is 12.8 Å². The van der Waals surface area contributed by atoms with E-state index in [-0.39, 0.29) is 11.4 Å². The first-order valence-corrected chi connectivity index (χ1v) is 5.45. The normalized spacial score (nSPS) is 15.8. The number of rotatable bonds is 6. The molecule has 4 heteroatoms. The van der Waals surface area contributed by atoms with Gasteiger partial charge in [0.15, 0.2) is 0 Å². The number of carbonyl (C=O) groups is 1. The predicted octanol–water partition coefficient (Wildman–Crippen LogP) is 0.794. The van der Waals surface area contributed by atoms with Crippen LogP contribution in [0.2, 0.25) is 0 Å². The quantitative estimate of drug-likeness (QED) is 0.636. The van der Waals surface area contributed by atoms with Gasteiger partial charge in [0.2, 0.25) is 5.91 Å². The van der Waals surface area contributed by atoms with Gasteiger partial charge in [-0.05, 0) is 32.6 Å². The molecule has 1 aliphatic carbocycles. The molecular formula is C11H19N3O. The van der Waals surface area contributed by atoms with Crippen LogP contribution >= 0.6 is 0 Å². The molecule has 0 saturated heterocycles. The average Bonchev–Trinajstić information content (AvgIpc) is 2.98. The second-order valence-electron chi connectivity index (χ2n) is 4.61. The van der Waals surface area contributed by atoms with Crippen molar-refractivity contribution in [2.24, 2.45) is 5.92 Å². The van der Waals surface area contributed by atoms with Crippen LogP contribution in [0.25, 0.3) is 0 Å². The van der Waals surface area contributed by atoms with E-state index in [2.05, 4.69) is 24.5 Å². The molecule has 0 bridgehead atoms. The lowest BCUT2D eigenvalue weighted by molar-refractivity contribution is -0.120. The average molecular weight is 209 g/mol. The third-order valence-corrected chi connectivity index (χ3v) is 2.86. The Hall–Kier alpha value is -1.08. The van der Waals surface area contributed by atoms with Gasteiger partial charge in [-0.3, -0.25) is 4.79 Å². The molecule has 0 aromatic heterocycles. The molecule has 1 aliphatic rings. The third-order valence-electron chi connectivity index (χ3n) is 2.86. The van der Waals surface area contributed by atoms with Crippen molar-refractivity contribution >= 4 is 5.91 Å². The second-order valence-corrected chi connectivity index (χ2v) is 4.61. The van der Waals surface area contributed by atoms with E-state index in [1.807, 2.05) is 6.07 Å². The lowest BCUT2D eigenvalue weighted by atomic mass is 9.99. The van der Waals surface area contributed by atoms with Gasteiger partial charge in [-0.2, -0.15) is 5.26 Å². The summed E-state index contributed by atoms with van der Waals surface area (Å²) in [5.74, 6) is 0.684. The SMILES string of the molecule is CC(C)(NCC(=O)NCCC#N)C1CC1. The minimum atomic E-state index is -0.0287. The van der Waals surface area contributed by atoms with Crippen molar-refractivity contribution in [1.29, 1.82) is 5.26 Å². The summed E-state index contributed by atoms with van der Waals surface area (Å²) in [5.41, 5.74) is 0.0621. The fourth-order valence-electron chi connectivity index (χ4n) is 1.58. The van der Waals surface area contributed by atoms with Crippen molar-refractivity contribution in [3.05, 3.63) is 0 Å². The predicted molar refractivity (Wildman–Crippen MR) is 58.0 cm³/mol. The highest BCUT2D eigenvalue weighted by molar-refractivity contribution is 5.78. The molecule has 0 atom stereocenters. The molecule has 0 aromatic carbocycles. The summed E-state index contributed by atoms with van der Waals surface area (Å²) in [5, 5.41) is 14.2. The highest BCUT2D eigenvalue weighted by atomic mass is 16.1. The standard InChI is InChI=1S/C11H19N3O/c1-11(2,9-4-5-9)14-8-10(15)13-7-3-6-12/h9,14H,3-5,7-8H2,1-2H3,(H,13,15). The van der Waals surface area contributed by atoms with Crippen LogP contribution in [0.1, 0.15) is 33.1 Å². The first-order valence-electron chi connectivity index (χ1n) is 5.45. The van der Waals surface area contributed by atoms with Crippen molar-refractivity contribution in [2.75, 3.05) is 13.1 Å². The number of nitriles is 1. The van der Waals surface area contributed by atoms with E-state index in [0.717, 1.165) is 0 Å². The molecule has 0 unspecified atom stereocenters. The summed E-state index contributed by atoms with van der Waals surface area (Å²) < 4.78 is 0. The highest BCUT2D eigenvalue weighted by Gasteiger charge is 2.37. The van der Waals surface area contributed by atoms with Crippen molar-refractivity contribution < 1.29 is 4.79 Å². The number of amides is 1.